The molecule has 1 saturated heterocycles. The molecule has 0 aliphatic carbocycles. The Kier molecular flexibility index (Phi) is 7.98. The molecule has 8 nitrogen and oxygen atoms in total. The molecule has 3 rings (SSSR count). The van der Waals surface area contributed by atoms with Gasteiger partial charge in [0.05, 0.1) is 10.6 Å². The maximum absolute atomic E-state index is 12.8. The monoisotopic (exact) mass is 498 g/mol. The SMILES string of the molecule is Cc1ccc(C(=O)NCC(=O)OCC(=O)N2CCN(c3ncc(C(F)(F)F)cc3Cl)CC2)cc1. The molecule has 12 heteroatoms. The standard InChI is InChI=1S/C22H22ClF3N4O4/c1-14-2-4-15(5-3-14)21(33)28-12-19(32)34-13-18(31)29-6-8-30(9-7-29)20-17(23)10-16(11-27-20)22(24,25)26/h2-5,10-11H,6-9,12-13H2,1H3,(H,28,33). The number of piperazine rings is 1. The highest BCUT2D eigenvalue weighted by molar-refractivity contribution is 6.33. The first-order valence-electron chi connectivity index (χ1n) is 10.3. The summed E-state index contributed by atoms with van der Waals surface area (Å²) in [5, 5.41) is 2.30. The van der Waals surface area contributed by atoms with Crippen molar-refractivity contribution in [2.45, 2.75) is 13.1 Å². The Morgan fingerprint density at radius 1 is 1.12 bits per heavy atom. The first-order valence-corrected chi connectivity index (χ1v) is 10.7. The molecular formula is C22H22ClF3N4O4. The molecule has 1 aromatic heterocycles. The largest absolute Gasteiger partial charge is 0.454 e. The van der Waals surface area contributed by atoms with E-state index in [-0.39, 0.29) is 30.5 Å². The number of hydrogen-bond acceptors (Lipinski definition) is 6. The maximum atomic E-state index is 12.8. The van der Waals surface area contributed by atoms with Crippen LogP contribution in [0.5, 0.6) is 0 Å². The summed E-state index contributed by atoms with van der Waals surface area (Å²) in [5.41, 5.74) is 0.455. The van der Waals surface area contributed by atoms with E-state index in [1.54, 1.807) is 29.2 Å². The zero-order valence-electron chi connectivity index (χ0n) is 18.2. The number of alkyl halides is 3. The number of nitrogens with zero attached hydrogens (tertiary/aromatic N) is 3. The summed E-state index contributed by atoms with van der Waals surface area (Å²) >= 11 is 5.98. The smallest absolute Gasteiger partial charge is 0.417 e. The molecule has 1 aliphatic heterocycles. The Morgan fingerprint density at radius 2 is 1.76 bits per heavy atom. The number of anilines is 1. The van der Waals surface area contributed by atoms with Crippen LogP contribution in [0.1, 0.15) is 21.5 Å². The van der Waals surface area contributed by atoms with E-state index in [4.69, 9.17) is 16.3 Å². The zero-order valence-corrected chi connectivity index (χ0v) is 18.9. The molecule has 0 saturated carbocycles. The van der Waals surface area contributed by atoms with Crippen LogP contribution in [0, 0.1) is 6.92 Å². The molecule has 2 amide bonds. The number of carbonyl (C=O) groups is 3. The lowest BCUT2D eigenvalue weighted by Crippen LogP contribution is -2.50. The molecule has 1 aromatic carbocycles. The van der Waals surface area contributed by atoms with E-state index >= 15 is 0 Å². The highest BCUT2D eigenvalue weighted by Crippen LogP contribution is 2.33. The summed E-state index contributed by atoms with van der Waals surface area (Å²) in [6.07, 6.45) is -3.82. The number of pyridine rings is 1. The summed E-state index contributed by atoms with van der Waals surface area (Å²) < 4.78 is 43.3. The molecule has 1 N–H and O–H groups in total. The van der Waals surface area contributed by atoms with Crippen LogP contribution >= 0.6 is 11.6 Å². The van der Waals surface area contributed by atoms with Gasteiger partial charge in [0.1, 0.15) is 12.4 Å². The van der Waals surface area contributed by atoms with Crippen molar-refractivity contribution in [3.8, 4) is 0 Å². The van der Waals surface area contributed by atoms with Crippen LogP contribution in [-0.2, 0) is 20.5 Å². The summed E-state index contributed by atoms with van der Waals surface area (Å²) in [5.74, 6) is -1.41. The van der Waals surface area contributed by atoms with E-state index in [2.05, 4.69) is 10.3 Å². The van der Waals surface area contributed by atoms with Gasteiger partial charge in [0.2, 0.25) is 0 Å². The number of amides is 2. The van der Waals surface area contributed by atoms with E-state index in [0.717, 1.165) is 17.8 Å². The van der Waals surface area contributed by atoms with E-state index in [1.165, 1.54) is 4.90 Å². The van der Waals surface area contributed by atoms with Crippen LogP contribution in [0.4, 0.5) is 19.0 Å². The Bertz CT molecular complexity index is 1060. The Hall–Kier alpha value is -3.34. The average molecular weight is 499 g/mol. The minimum atomic E-state index is -4.54. The Balaban J connectivity index is 1.42. The minimum Gasteiger partial charge on any atom is -0.454 e. The van der Waals surface area contributed by atoms with E-state index in [1.807, 2.05) is 6.92 Å². The van der Waals surface area contributed by atoms with Gasteiger partial charge in [-0.2, -0.15) is 13.2 Å². The topological polar surface area (TPSA) is 91.8 Å². The van der Waals surface area contributed by atoms with Gasteiger partial charge < -0.3 is 19.9 Å². The van der Waals surface area contributed by atoms with Crippen LogP contribution < -0.4 is 10.2 Å². The quantitative estimate of drug-likeness (QED) is 0.616. The molecule has 0 bridgehead atoms. The van der Waals surface area contributed by atoms with Crippen LogP contribution in [0.25, 0.3) is 0 Å². The summed E-state index contributed by atoms with van der Waals surface area (Å²) in [6.45, 7) is 2.11. The molecule has 2 aromatic rings. The fraction of sp³-hybridized carbons (Fsp3) is 0.364. The fourth-order valence-electron chi connectivity index (χ4n) is 3.23. The van der Waals surface area contributed by atoms with Crippen molar-refractivity contribution in [1.82, 2.24) is 15.2 Å². The van der Waals surface area contributed by atoms with Gasteiger partial charge in [0.15, 0.2) is 6.61 Å². The Morgan fingerprint density at radius 3 is 2.35 bits per heavy atom. The molecule has 1 fully saturated rings. The van der Waals surface area contributed by atoms with Crippen molar-refractivity contribution in [2.24, 2.45) is 0 Å². The maximum Gasteiger partial charge on any atom is 0.417 e. The van der Waals surface area contributed by atoms with E-state index in [9.17, 15) is 27.6 Å². The number of ether oxygens (including phenoxy) is 1. The highest BCUT2D eigenvalue weighted by Gasteiger charge is 2.32. The number of aromatic nitrogens is 1. The van der Waals surface area contributed by atoms with Crippen molar-refractivity contribution in [3.05, 3.63) is 58.2 Å². The molecule has 0 radical (unpaired) electrons. The van der Waals surface area contributed by atoms with Crippen molar-refractivity contribution in [2.75, 3.05) is 44.2 Å². The van der Waals surface area contributed by atoms with Crippen LogP contribution in [-0.4, -0.2) is 67.0 Å². The molecule has 1 aliphatic rings. The van der Waals surface area contributed by atoms with Crippen molar-refractivity contribution in [3.63, 3.8) is 0 Å². The van der Waals surface area contributed by atoms with E-state index < -0.39 is 36.1 Å². The van der Waals surface area contributed by atoms with Gasteiger partial charge in [-0.25, -0.2) is 4.98 Å². The molecule has 0 unspecified atom stereocenters. The number of esters is 1. The number of halogens is 4. The number of hydrogen-bond donors (Lipinski definition) is 1. The third-order valence-electron chi connectivity index (χ3n) is 5.14. The third kappa shape index (κ3) is 6.60. The van der Waals surface area contributed by atoms with Gasteiger partial charge in [-0.05, 0) is 25.1 Å². The van der Waals surface area contributed by atoms with Gasteiger partial charge >= 0.3 is 12.1 Å². The first-order chi connectivity index (χ1) is 16.0. The van der Waals surface area contributed by atoms with Gasteiger partial charge in [-0.15, -0.1) is 0 Å². The van der Waals surface area contributed by atoms with Crippen LogP contribution in [0.3, 0.4) is 0 Å². The minimum absolute atomic E-state index is 0.129. The second kappa shape index (κ2) is 10.7. The van der Waals surface area contributed by atoms with Gasteiger partial charge in [-0.1, -0.05) is 29.3 Å². The first kappa shape index (κ1) is 25.3. The van der Waals surface area contributed by atoms with E-state index in [0.29, 0.717) is 18.7 Å². The average Bonchev–Trinajstić information content (AvgIpc) is 2.81. The predicted octanol–water partition coefficient (Wildman–Crippen LogP) is 2.68. The lowest BCUT2D eigenvalue weighted by Gasteiger charge is -2.35. The van der Waals surface area contributed by atoms with Crippen LogP contribution in [0.15, 0.2) is 36.5 Å². The molecular weight excluding hydrogens is 477 g/mol. The fourth-order valence-corrected chi connectivity index (χ4v) is 3.52. The molecule has 2 heterocycles. The molecule has 0 atom stereocenters. The predicted molar refractivity (Wildman–Crippen MR) is 118 cm³/mol. The normalized spacial score (nSPS) is 14.0. The van der Waals surface area contributed by atoms with Gasteiger partial charge in [0, 0.05) is 37.9 Å². The second-order valence-corrected chi connectivity index (χ2v) is 8.01. The second-order valence-electron chi connectivity index (χ2n) is 7.60. The summed E-state index contributed by atoms with van der Waals surface area (Å²) in [7, 11) is 0. The van der Waals surface area contributed by atoms with Crippen molar-refractivity contribution in [1.29, 1.82) is 0 Å². The van der Waals surface area contributed by atoms with Gasteiger partial charge in [0.25, 0.3) is 11.8 Å². The lowest BCUT2D eigenvalue weighted by molar-refractivity contribution is -0.151. The van der Waals surface area contributed by atoms with Crippen molar-refractivity contribution >= 4 is 35.2 Å². The number of nitrogens with one attached hydrogen (secondary N) is 1. The van der Waals surface area contributed by atoms with Crippen molar-refractivity contribution < 1.29 is 32.3 Å². The highest BCUT2D eigenvalue weighted by atomic mass is 35.5. The zero-order chi connectivity index (χ0) is 24.9. The number of aryl methyl sites for hydroxylation is 1. The summed E-state index contributed by atoms with van der Waals surface area (Å²) in [4.78, 5) is 43.2. The molecule has 182 valence electrons. The lowest BCUT2D eigenvalue weighted by atomic mass is 10.1. The Labute approximate surface area is 198 Å². The third-order valence-corrected chi connectivity index (χ3v) is 5.42. The molecule has 34 heavy (non-hydrogen) atoms. The number of benzene rings is 1. The van der Waals surface area contributed by atoms with Crippen LogP contribution in [0.2, 0.25) is 5.02 Å². The number of rotatable bonds is 6. The van der Waals surface area contributed by atoms with Gasteiger partial charge in [-0.3, -0.25) is 14.4 Å². The molecule has 0 spiro atoms. The summed E-state index contributed by atoms with van der Waals surface area (Å²) in [6, 6.07) is 7.62. The number of carbonyl (C=O) groups excluding carboxylic acids is 3.